The highest BCUT2D eigenvalue weighted by molar-refractivity contribution is 7.98. The molecule has 0 N–H and O–H groups in total. The predicted molar refractivity (Wildman–Crippen MR) is 137 cm³/mol. The van der Waals surface area contributed by atoms with Gasteiger partial charge in [-0.05, 0) is 69.3 Å². The van der Waals surface area contributed by atoms with Crippen LogP contribution in [0.15, 0.2) is 65.2 Å². The second-order valence-corrected chi connectivity index (χ2v) is 9.53. The zero-order chi connectivity index (χ0) is 23.7. The summed E-state index contributed by atoms with van der Waals surface area (Å²) in [5, 5.41) is 4.47. The minimum atomic E-state index is -0.445. The number of nitrogens with zero attached hydrogens (tertiary/aromatic N) is 2. The molecule has 6 heteroatoms. The Morgan fingerprint density at radius 3 is 2.36 bits per heavy atom. The van der Waals surface area contributed by atoms with Crippen molar-refractivity contribution in [3.05, 3.63) is 71.8 Å². The molecule has 3 rings (SSSR count). The van der Waals surface area contributed by atoms with Gasteiger partial charge in [-0.15, -0.1) is 11.8 Å². The van der Waals surface area contributed by atoms with E-state index in [-0.39, 0.29) is 18.8 Å². The summed E-state index contributed by atoms with van der Waals surface area (Å²) in [6, 6.07) is 16.0. The highest BCUT2D eigenvalue weighted by atomic mass is 32.2. The Kier molecular flexibility index (Phi) is 9.15. The van der Waals surface area contributed by atoms with E-state index in [9.17, 15) is 4.79 Å². The fourth-order valence-electron chi connectivity index (χ4n) is 3.97. The Bertz CT molecular complexity index is 946. The number of piperidine rings is 1. The summed E-state index contributed by atoms with van der Waals surface area (Å²) < 4.78 is 5.35. The summed E-state index contributed by atoms with van der Waals surface area (Å²) in [6.07, 6.45) is 7.47. The minimum absolute atomic E-state index is 0.200. The van der Waals surface area contributed by atoms with Crippen LogP contribution in [0.4, 0.5) is 0 Å². The quantitative estimate of drug-likeness (QED) is 0.192. The number of benzene rings is 2. The molecule has 0 radical (unpaired) electrons. The lowest BCUT2D eigenvalue weighted by Gasteiger charge is -2.41. The number of carbonyl (C=O) groups is 1. The first-order valence-electron chi connectivity index (χ1n) is 11.4. The molecule has 1 fully saturated rings. The first-order valence-corrected chi connectivity index (χ1v) is 12.6. The smallest absolute Gasteiger partial charge is 0.347 e. The average Bonchev–Trinajstić information content (AvgIpc) is 2.86. The summed E-state index contributed by atoms with van der Waals surface area (Å²) in [4.78, 5) is 21.4. The fraction of sp³-hybridized carbons (Fsp3) is 0.407. The van der Waals surface area contributed by atoms with E-state index in [1.807, 2.05) is 24.3 Å². The van der Waals surface area contributed by atoms with Crippen molar-refractivity contribution in [2.75, 3.05) is 26.0 Å². The number of hydrogen-bond donors (Lipinski definition) is 0. The molecule has 1 saturated heterocycles. The van der Waals surface area contributed by atoms with E-state index in [2.05, 4.69) is 61.0 Å². The van der Waals surface area contributed by atoms with E-state index in [0.29, 0.717) is 0 Å². The molecule has 33 heavy (non-hydrogen) atoms. The summed E-state index contributed by atoms with van der Waals surface area (Å²) in [5.74, 6) is -0.445. The van der Waals surface area contributed by atoms with Crippen LogP contribution < -0.4 is 0 Å². The number of carbonyl (C=O) groups excluding carboxylic acids is 1. The van der Waals surface area contributed by atoms with Gasteiger partial charge in [0.15, 0.2) is 0 Å². The lowest BCUT2D eigenvalue weighted by molar-refractivity contribution is -0.150. The third-order valence-corrected chi connectivity index (χ3v) is 6.79. The standard InChI is InChI=1S/C27H34N2O3S/c1-5-21-9-11-22(12-10-21)19-31-25(30)20-32-28-26(23-13-15-24(33-4)16-14-23)27(2,3)29-17-7-6-8-18-29/h5,9-16H,1,6-8,17-20H2,2-4H3/b28-26+. The molecule has 0 aromatic heterocycles. The number of hydrogen-bond acceptors (Lipinski definition) is 6. The molecule has 1 heterocycles. The monoisotopic (exact) mass is 466 g/mol. The zero-order valence-electron chi connectivity index (χ0n) is 19.9. The van der Waals surface area contributed by atoms with Crippen LogP contribution >= 0.6 is 11.8 Å². The molecule has 2 aromatic rings. The summed E-state index contributed by atoms with van der Waals surface area (Å²) >= 11 is 1.70. The molecule has 5 nitrogen and oxygen atoms in total. The molecule has 1 aliphatic heterocycles. The lowest BCUT2D eigenvalue weighted by Crippen LogP contribution is -2.52. The summed E-state index contributed by atoms with van der Waals surface area (Å²) in [6.45, 7) is 10.1. The molecule has 0 spiro atoms. The maximum absolute atomic E-state index is 12.2. The number of rotatable bonds is 10. The van der Waals surface area contributed by atoms with Crippen LogP contribution in [0.3, 0.4) is 0 Å². The van der Waals surface area contributed by atoms with Crippen LogP contribution in [0.5, 0.6) is 0 Å². The molecule has 0 aliphatic carbocycles. The van der Waals surface area contributed by atoms with Crippen molar-refractivity contribution >= 4 is 29.5 Å². The van der Waals surface area contributed by atoms with Gasteiger partial charge < -0.3 is 9.57 Å². The molecule has 0 unspecified atom stereocenters. The SMILES string of the molecule is C=Cc1ccc(COC(=O)CO/N=C(\c2ccc(SC)cc2)C(C)(C)N2CCCCC2)cc1. The molecule has 1 aliphatic rings. The van der Waals surface area contributed by atoms with Gasteiger partial charge in [0.05, 0.1) is 5.54 Å². The van der Waals surface area contributed by atoms with Crippen LogP contribution in [0.1, 0.15) is 49.8 Å². The van der Waals surface area contributed by atoms with Gasteiger partial charge in [-0.2, -0.15) is 0 Å². The Hall–Kier alpha value is -2.57. The van der Waals surface area contributed by atoms with Gasteiger partial charge in [-0.1, -0.05) is 60.6 Å². The minimum Gasteiger partial charge on any atom is -0.458 e. The van der Waals surface area contributed by atoms with Gasteiger partial charge in [0.2, 0.25) is 6.61 Å². The van der Waals surface area contributed by atoms with Crippen LogP contribution in [-0.4, -0.2) is 48.1 Å². The second kappa shape index (κ2) is 12.1. The predicted octanol–water partition coefficient (Wildman–Crippen LogP) is 5.78. The number of ether oxygens (including phenoxy) is 1. The van der Waals surface area contributed by atoms with Crippen molar-refractivity contribution in [2.24, 2.45) is 5.16 Å². The van der Waals surface area contributed by atoms with E-state index in [1.165, 1.54) is 24.2 Å². The van der Waals surface area contributed by atoms with Crippen molar-refractivity contribution in [3.63, 3.8) is 0 Å². The maximum Gasteiger partial charge on any atom is 0.347 e. The van der Waals surface area contributed by atoms with Crippen LogP contribution in [-0.2, 0) is 21.0 Å². The van der Waals surface area contributed by atoms with Gasteiger partial charge in [-0.25, -0.2) is 4.79 Å². The van der Waals surface area contributed by atoms with Crippen LogP contribution in [0.2, 0.25) is 0 Å². The van der Waals surface area contributed by atoms with Gasteiger partial charge >= 0.3 is 5.97 Å². The normalized spacial score (nSPS) is 15.2. The van der Waals surface area contributed by atoms with Gasteiger partial charge in [0, 0.05) is 10.5 Å². The topological polar surface area (TPSA) is 51.1 Å². The Morgan fingerprint density at radius 2 is 1.76 bits per heavy atom. The number of esters is 1. The fourth-order valence-corrected chi connectivity index (χ4v) is 4.38. The Balaban J connectivity index is 1.67. The number of oxime groups is 1. The lowest BCUT2D eigenvalue weighted by atomic mass is 9.88. The number of likely N-dealkylation sites (tertiary alicyclic amines) is 1. The molecule has 0 amide bonds. The van der Waals surface area contributed by atoms with E-state index in [4.69, 9.17) is 9.57 Å². The summed E-state index contributed by atoms with van der Waals surface area (Å²) in [7, 11) is 0. The summed E-state index contributed by atoms with van der Waals surface area (Å²) in [5.41, 5.74) is 3.44. The molecule has 0 bridgehead atoms. The van der Waals surface area contributed by atoms with E-state index in [1.54, 1.807) is 17.8 Å². The molecule has 2 aromatic carbocycles. The van der Waals surface area contributed by atoms with Crippen LogP contribution in [0, 0.1) is 0 Å². The first-order chi connectivity index (χ1) is 15.9. The first kappa shape index (κ1) is 25.1. The zero-order valence-corrected chi connectivity index (χ0v) is 20.7. The van der Waals surface area contributed by atoms with E-state index in [0.717, 1.165) is 35.5 Å². The van der Waals surface area contributed by atoms with Crippen LogP contribution in [0.25, 0.3) is 6.08 Å². The molecular weight excluding hydrogens is 432 g/mol. The highest BCUT2D eigenvalue weighted by Gasteiger charge is 2.34. The largest absolute Gasteiger partial charge is 0.458 e. The van der Waals surface area contributed by atoms with Crippen molar-refractivity contribution < 1.29 is 14.4 Å². The highest BCUT2D eigenvalue weighted by Crippen LogP contribution is 2.27. The number of thioether (sulfide) groups is 1. The Morgan fingerprint density at radius 1 is 1.09 bits per heavy atom. The van der Waals surface area contributed by atoms with Crippen molar-refractivity contribution in [2.45, 2.75) is 50.2 Å². The molecule has 0 atom stereocenters. The molecular formula is C27H34N2O3S. The van der Waals surface area contributed by atoms with Crippen molar-refractivity contribution in [3.8, 4) is 0 Å². The van der Waals surface area contributed by atoms with Gasteiger partial charge in [0.1, 0.15) is 12.3 Å². The van der Waals surface area contributed by atoms with Crippen molar-refractivity contribution in [1.82, 2.24) is 4.90 Å². The second-order valence-electron chi connectivity index (χ2n) is 8.65. The van der Waals surface area contributed by atoms with Crippen molar-refractivity contribution in [1.29, 1.82) is 0 Å². The molecule has 0 saturated carbocycles. The average molecular weight is 467 g/mol. The Labute approximate surface area is 201 Å². The third kappa shape index (κ3) is 6.95. The van der Waals surface area contributed by atoms with Gasteiger partial charge in [0.25, 0.3) is 0 Å². The van der Waals surface area contributed by atoms with Gasteiger partial charge in [-0.3, -0.25) is 4.90 Å². The third-order valence-electron chi connectivity index (χ3n) is 6.04. The molecule has 176 valence electrons. The maximum atomic E-state index is 12.2. The van der Waals surface area contributed by atoms with E-state index >= 15 is 0 Å². The van der Waals surface area contributed by atoms with E-state index < -0.39 is 5.97 Å².